The number of benzene rings is 10. The van der Waals surface area contributed by atoms with Gasteiger partial charge in [0.25, 0.3) is 0 Å². The van der Waals surface area contributed by atoms with Gasteiger partial charge < -0.3 is 39.2 Å². The zero-order chi connectivity index (χ0) is 70.9. The van der Waals surface area contributed by atoms with Gasteiger partial charge in [-0.1, -0.05) is 146 Å². The monoisotopic (exact) mass is 1370 g/mol. The summed E-state index contributed by atoms with van der Waals surface area (Å²) < 4.78 is 10.8. The van der Waals surface area contributed by atoms with E-state index < -0.39 is 5.97 Å². The second-order valence-electron chi connectivity index (χ2n) is 22.5. The minimum Gasteiger partial charge on any atom is -0.497 e. The first-order chi connectivity index (χ1) is 51.2. The summed E-state index contributed by atoms with van der Waals surface area (Å²) in [5.41, 5.74) is 28.7. The van der Waals surface area contributed by atoms with Crippen molar-refractivity contribution in [2.24, 2.45) is 25.5 Å². The summed E-state index contributed by atoms with van der Waals surface area (Å²) in [5, 5.41) is 32.1. The quantitative estimate of drug-likeness (QED) is 0.0281. The van der Waals surface area contributed by atoms with E-state index in [1.165, 1.54) is 22.9 Å². The number of nitrogens with one attached hydrogen (secondary N) is 10. The maximum absolute atomic E-state index is 10.9. The number of imidazole rings is 5. The van der Waals surface area contributed by atoms with Crippen molar-refractivity contribution >= 4 is 133 Å². The van der Waals surface area contributed by atoms with E-state index in [2.05, 4.69) is 132 Å². The molecule has 510 valence electrons. The topological polar surface area (TPSA) is 338 Å². The zero-order valence-corrected chi connectivity index (χ0v) is 55.5. The van der Waals surface area contributed by atoms with Crippen molar-refractivity contribution in [2.75, 3.05) is 34.2 Å². The smallest absolute Gasteiger partial charge is 0.335 e. The summed E-state index contributed by atoms with van der Waals surface area (Å²) >= 11 is 0. The van der Waals surface area contributed by atoms with Crippen LogP contribution >= 0.6 is 0 Å². The number of aromatic amines is 5. The first-order valence-corrected chi connectivity index (χ1v) is 32.5. The summed E-state index contributed by atoms with van der Waals surface area (Å²) in [7, 11) is 1.65. The zero-order valence-electron chi connectivity index (χ0n) is 55.5. The summed E-state index contributed by atoms with van der Waals surface area (Å²) in [4.78, 5) is 52.6. The van der Waals surface area contributed by atoms with Crippen molar-refractivity contribution in [3.63, 3.8) is 0 Å². The fraction of sp³-hybridized carbons (Fsp3) is 0.0127. The Hall–Kier alpha value is -15.1. The molecule has 0 aliphatic carbocycles. The normalized spacial score (nSPS) is 11.2. The van der Waals surface area contributed by atoms with Crippen molar-refractivity contribution in [1.29, 1.82) is 0 Å². The molecule has 0 saturated carbocycles. The highest BCUT2D eigenvalue weighted by atomic mass is 16.5. The van der Waals surface area contributed by atoms with Gasteiger partial charge in [0.1, 0.15) is 17.3 Å². The largest absolute Gasteiger partial charge is 0.497 e. The molecule has 0 aliphatic rings. The number of hydrogen-bond acceptors (Lipinski definition) is 19. The van der Waals surface area contributed by atoms with Gasteiger partial charge in [-0.2, -0.15) is 25.5 Å². The number of carbonyl (C=O) groups is 1. The number of hydrazone groups is 5. The molecule has 0 unspecified atom stereocenters. The van der Waals surface area contributed by atoms with Crippen LogP contribution < -0.4 is 31.9 Å². The number of aromatic carboxylic acids is 1. The van der Waals surface area contributed by atoms with Crippen LogP contribution in [0.5, 0.6) is 5.75 Å². The van der Waals surface area contributed by atoms with Crippen molar-refractivity contribution in [3.05, 3.63) is 313 Å². The van der Waals surface area contributed by atoms with Gasteiger partial charge in [-0.25, -0.2) is 56.8 Å². The molecule has 11 N–H and O–H groups in total. The van der Waals surface area contributed by atoms with Gasteiger partial charge in [-0.15, -0.1) is 0 Å². The second kappa shape index (κ2) is 33.9. The van der Waals surface area contributed by atoms with Crippen LogP contribution in [-0.4, -0.2) is 104 Å². The highest BCUT2D eigenvalue weighted by Gasteiger charge is 2.09. The Morgan fingerprint density at radius 1 is 0.385 bits per heavy atom. The molecule has 17 rings (SSSR count). The van der Waals surface area contributed by atoms with Gasteiger partial charge >= 0.3 is 5.97 Å². The fourth-order valence-electron chi connectivity index (χ4n) is 10.2. The predicted molar refractivity (Wildman–Crippen MR) is 415 cm³/mol. The third kappa shape index (κ3) is 18.7. The summed E-state index contributed by atoms with van der Waals surface area (Å²) in [5.74, 6) is 4.12. The number of hydrogen-bond donors (Lipinski definition) is 11. The average Bonchev–Trinajstić information content (AvgIpc) is 1.72. The molecule has 17 aromatic rings. The molecule has 0 aliphatic heterocycles. The maximum atomic E-state index is 10.9. The summed E-state index contributed by atoms with van der Waals surface area (Å²) in [6.07, 6.45) is 10.2. The van der Waals surface area contributed by atoms with Crippen LogP contribution in [0.15, 0.2) is 309 Å². The SMILES string of the molecule is C(=N\Nc1nc2ccccc2[nH]1)/c1ccc2ccccc2c1.C(=N\Nc1nc2ccccc2[nH]1)/c1ccccc1.C(=N\Nc1nc2ccccc2[nH]1)/c1ccccn1.COc1ccc(/C=N/Nc2nc3ccccc3[nH]2)cc1.O=C(O)c1ccc(-c2ccc(/C=N/Nc3nc4ccccc4[nH]3)o2)cc1. The molecule has 0 amide bonds. The van der Waals surface area contributed by atoms with Crippen LogP contribution in [0, 0.1) is 0 Å². The Bertz CT molecular complexity index is 5490. The lowest BCUT2D eigenvalue weighted by Crippen LogP contribution is -1.94. The van der Waals surface area contributed by atoms with Gasteiger partial charge in [0, 0.05) is 11.8 Å². The number of para-hydroxylation sites is 10. The molecule has 7 aromatic heterocycles. The first kappa shape index (κ1) is 67.4. The van der Waals surface area contributed by atoms with E-state index >= 15 is 0 Å². The molecule has 0 fully saturated rings. The third-order valence-electron chi connectivity index (χ3n) is 15.2. The maximum Gasteiger partial charge on any atom is 0.335 e. The van der Waals surface area contributed by atoms with E-state index in [1.54, 1.807) is 68.6 Å². The number of aromatic nitrogens is 11. The van der Waals surface area contributed by atoms with Crippen LogP contribution in [0.3, 0.4) is 0 Å². The van der Waals surface area contributed by atoms with Crippen molar-refractivity contribution in [3.8, 4) is 17.1 Å². The van der Waals surface area contributed by atoms with Gasteiger partial charge in [-0.3, -0.25) is 4.98 Å². The van der Waals surface area contributed by atoms with Crippen molar-refractivity contribution in [1.82, 2.24) is 54.8 Å². The predicted octanol–water partition coefficient (Wildman–Crippen LogP) is 16.6. The Morgan fingerprint density at radius 2 is 0.779 bits per heavy atom. The number of carboxylic acids is 1. The lowest BCUT2D eigenvalue weighted by molar-refractivity contribution is 0.0696. The molecule has 25 nitrogen and oxygen atoms in total. The van der Waals surface area contributed by atoms with E-state index in [4.69, 9.17) is 14.3 Å². The van der Waals surface area contributed by atoms with Crippen LogP contribution in [0.1, 0.15) is 38.5 Å². The number of furan rings is 1. The van der Waals surface area contributed by atoms with E-state index in [1.807, 2.05) is 212 Å². The number of pyridine rings is 1. The number of nitrogens with zero attached hydrogens (tertiary/aromatic N) is 11. The summed E-state index contributed by atoms with van der Waals surface area (Å²) in [6, 6.07) is 86.9. The standard InChI is InChI=1S/C19H14N4O3.C18H14N4.C15H14N4O.C14H12N4.C13H11N5/c24-18(25)13-7-5-12(6-8-13)17-10-9-14(26-17)11-20-23-19-21-15-3-1-2-4-16(15)22-19;1-2-6-15-11-13(9-10-14(15)5-1)12-19-22-18-20-16-7-3-4-8-17(16)21-18;1-20-12-8-6-11(7-9-12)10-16-19-15-17-13-4-2-3-5-14(13)18-15;1-2-6-11(7-3-1)10-15-18-14-16-12-8-4-5-9-13(12)17-14;1-2-7-12-11(6-1)16-13(17-12)18-15-9-10-5-3-4-8-14-10/h1-11H,(H,24,25)(H2,21,22,23);1-12H,(H2,20,21,22);2-10H,1H3,(H2,17,18,19);1-10H,(H2,16,17,18);1-9H,(H2,16,17,18)/b20-11+;19-12+;16-10+;15-10+;15-9+. The third-order valence-corrected chi connectivity index (χ3v) is 15.2. The van der Waals surface area contributed by atoms with Crippen molar-refractivity contribution in [2.45, 2.75) is 0 Å². The molecule has 0 radical (unpaired) electrons. The van der Waals surface area contributed by atoms with Gasteiger partial charge in [0.05, 0.1) is 105 Å². The molecule has 25 heteroatoms. The van der Waals surface area contributed by atoms with Crippen LogP contribution in [0.2, 0.25) is 0 Å². The minimum atomic E-state index is -0.958. The molecule has 104 heavy (non-hydrogen) atoms. The molecule has 0 saturated heterocycles. The molecule has 0 bridgehead atoms. The number of ether oxygens (including phenoxy) is 1. The Morgan fingerprint density at radius 3 is 1.22 bits per heavy atom. The Balaban J connectivity index is 0.000000116. The fourth-order valence-corrected chi connectivity index (χ4v) is 10.2. The molecule has 10 aromatic carbocycles. The number of fused-ring (bicyclic) bond motifs is 6. The van der Waals surface area contributed by atoms with E-state index in [-0.39, 0.29) is 5.56 Å². The minimum absolute atomic E-state index is 0.233. The number of carboxylic acid groups (broad SMARTS) is 1. The Kier molecular flexibility index (Phi) is 22.0. The molecule has 0 atom stereocenters. The molecular weight excluding hydrogens is 1310 g/mol. The van der Waals surface area contributed by atoms with E-state index in [0.29, 0.717) is 41.3 Å². The van der Waals surface area contributed by atoms with E-state index in [9.17, 15) is 4.79 Å². The van der Waals surface area contributed by atoms with Crippen LogP contribution in [0.4, 0.5) is 29.7 Å². The van der Waals surface area contributed by atoms with Crippen molar-refractivity contribution < 1.29 is 19.1 Å². The number of methoxy groups -OCH3 is 1. The summed E-state index contributed by atoms with van der Waals surface area (Å²) in [6.45, 7) is 0. The molecule has 0 spiro atoms. The van der Waals surface area contributed by atoms with Crippen LogP contribution in [0.25, 0.3) is 77.3 Å². The highest BCUT2D eigenvalue weighted by Crippen LogP contribution is 2.24. The van der Waals surface area contributed by atoms with E-state index in [0.717, 1.165) is 88.9 Å². The number of anilines is 5. The van der Waals surface area contributed by atoms with Gasteiger partial charge in [0.2, 0.25) is 29.7 Å². The van der Waals surface area contributed by atoms with Crippen LogP contribution in [-0.2, 0) is 0 Å². The highest BCUT2D eigenvalue weighted by molar-refractivity contribution is 5.92. The lowest BCUT2D eigenvalue weighted by Gasteiger charge is -1.99. The average molecular weight is 1370 g/mol. The second-order valence-corrected chi connectivity index (χ2v) is 22.5. The first-order valence-electron chi connectivity index (χ1n) is 32.5. The molecule has 7 heterocycles. The van der Waals surface area contributed by atoms with Gasteiger partial charge in [-0.05, 0) is 155 Å². The molecular formula is C79H65N21O4. The number of rotatable bonds is 18. The van der Waals surface area contributed by atoms with Gasteiger partial charge in [0.15, 0.2) is 0 Å². The Labute approximate surface area is 593 Å². The lowest BCUT2D eigenvalue weighted by atomic mass is 10.1. The number of H-pyrrole nitrogens is 5.